The minimum atomic E-state index is -1.55. The van der Waals surface area contributed by atoms with Gasteiger partial charge in [0.2, 0.25) is 23.6 Å². The van der Waals surface area contributed by atoms with Crippen molar-refractivity contribution < 1.29 is 44.1 Å². The van der Waals surface area contributed by atoms with E-state index in [0.717, 1.165) is 0 Å². The zero-order valence-corrected chi connectivity index (χ0v) is 21.9. The number of aliphatic carboxylic acids is 2. The Bertz CT molecular complexity index is 1030. The Morgan fingerprint density at radius 2 is 1.31 bits per heavy atom. The predicted molar refractivity (Wildman–Crippen MR) is 138 cm³/mol. The lowest BCUT2D eigenvalue weighted by Crippen LogP contribution is -2.57. The molecule has 4 unspecified atom stereocenters. The molecule has 10 N–H and O–H groups in total. The van der Waals surface area contributed by atoms with Crippen molar-refractivity contribution in [3.05, 3.63) is 29.8 Å². The van der Waals surface area contributed by atoms with Gasteiger partial charge >= 0.3 is 11.9 Å². The maximum atomic E-state index is 13.1. The van der Waals surface area contributed by atoms with Gasteiger partial charge in [-0.3, -0.25) is 24.0 Å². The first-order valence-corrected chi connectivity index (χ1v) is 12.4. The zero-order chi connectivity index (χ0) is 29.7. The number of amides is 4. The van der Waals surface area contributed by atoms with Gasteiger partial charge in [0.15, 0.2) is 0 Å². The van der Waals surface area contributed by atoms with E-state index in [9.17, 15) is 39.0 Å². The van der Waals surface area contributed by atoms with Crippen LogP contribution in [0, 0.1) is 5.92 Å². The van der Waals surface area contributed by atoms with Crippen LogP contribution in [0.25, 0.3) is 0 Å². The van der Waals surface area contributed by atoms with E-state index in [0.29, 0.717) is 5.56 Å². The second-order valence-corrected chi connectivity index (χ2v) is 9.57. The number of primary amides is 1. The molecule has 0 saturated heterocycles. The summed E-state index contributed by atoms with van der Waals surface area (Å²) in [6.07, 6.45) is -1.21. The molecule has 4 atom stereocenters. The van der Waals surface area contributed by atoms with Crippen LogP contribution in [0.4, 0.5) is 0 Å². The standard InChI is InChI=1S/C25H37N5O9/c1-13(2)11-19(30-22(35)16(26)12-14-3-5-15(31)6-4-14)24(37)28-17(7-9-20(27)32)23(36)29-18(25(38)39)8-10-21(33)34/h3-6,13,16-19,31H,7-12,26H2,1-2H3,(H2,27,32)(H,28,37)(H,29,36)(H,30,35)(H,33,34)(H,38,39). The van der Waals surface area contributed by atoms with Gasteiger partial charge in [-0.05, 0) is 49.3 Å². The molecule has 0 aromatic heterocycles. The molecule has 1 rings (SSSR count). The summed E-state index contributed by atoms with van der Waals surface area (Å²) in [5, 5.41) is 34.7. The summed E-state index contributed by atoms with van der Waals surface area (Å²) >= 11 is 0. The number of nitrogens with two attached hydrogens (primary N) is 2. The molecule has 0 aliphatic rings. The normalized spacial score (nSPS) is 13.9. The van der Waals surface area contributed by atoms with Gasteiger partial charge in [0.25, 0.3) is 0 Å². The summed E-state index contributed by atoms with van der Waals surface area (Å²) in [4.78, 5) is 72.4. The van der Waals surface area contributed by atoms with Crippen molar-refractivity contribution in [1.82, 2.24) is 16.0 Å². The van der Waals surface area contributed by atoms with Crippen LogP contribution in [0.2, 0.25) is 0 Å². The molecule has 1 aromatic rings. The van der Waals surface area contributed by atoms with Crippen molar-refractivity contribution in [3.63, 3.8) is 0 Å². The minimum absolute atomic E-state index is 0.0527. The van der Waals surface area contributed by atoms with Gasteiger partial charge in [0, 0.05) is 12.8 Å². The second-order valence-electron chi connectivity index (χ2n) is 9.57. The molecule has 0 bridgehead atoms. The fourth-order valence-electron chi connectivity index (χ4n) is 3.59. The molecule has 39 heavy (non-hydrogen) atoms. The zero-order valence-electron chi connectivity index (χ0n) is 21.9. The number of phenols is 1. The maximum Gasteiger partial charge on any atom is 0.326 e. The minimum Gasteiger partial charge on any atom is -0.508 e. The largest absolute Gasteiger partial charge is 0.508 e. The molecule has 0 radical (unpaired) electrons. The molecule has 0 aliphatic carbocycles. The van der Waals surface area contributed by atoms with E-state index in [1.165, 1.54) is 12.1 Å². The quantitative estimate of drug-likeness (QED) is 0.117. The number of carboxylic acid groups (broad SMARTS) is 2. The number of carbonyl (C=O) groups is 6. The molecule has 216 valence electrons. The number of nitrogens with one attached hydrogen (secondary N) is 3. The van der Waals surface area contributed by atoms with Crippen molar-refractivity contribution in [2.24, 2.45) is 17.4 Å². The molecule has 0 heterocycles. The highest BCUT2D eigenvalue weighted by molar-refractivity contribution is 5.94. The van der Waals surface area contributed by atoms with Crippen LogP contribution in [0.5, 0.6) is 5.75 Å². The van der Waals surface area contributed by atoms with Gasteiger partial charge in [-0.25, -0.2) is 4.79 Å². The van der Waals surface area contributed by atoms with Gasteiger partial charge < -0.3 is 42.7 Å². The number of hydrogen-bond acceptors (Lipinski definition) is 8. The highest BCUT2D eigenvalue weighted by atomic mass is 16.4. The summed E-state index contributed by atoms with van der Waals surface area (Å²) in [7, 11) is 0. The van der Waals surface area contributed by atoms with Crippen LogP contribution in [-0.4, -0.2) is 75.1 Å². The first kappa shape index (κ1) is 32.8. The molecule has 0 spiro atoms. The maximum absolute atomic E-state index is 13.1. The molecule has 0 saturated carbocycles. The van der Waals surface area contributed by atoms with Crippen molar-refractivity contribution in [2.75, 3.05) is 0 Å². The third-order valence-electron chi connectivity index (χ3n) is 5.64. The van der Waals surface area contributed by atoms with E-state index in [-0.39, 0.29) is 37.4 Å². The van der Waals surface area contributed by atoms with Crippen LogP contribution in [-0.2, 0) is 35.2 Å². The summed E-state index contributed by atoms with van der Waals surface area (Å²) < 4.78 is 0. The fourth-order valence-corrected chi connectivity index (χ4v) is 3.59. The van der Waals surface area contributed by atoms with E-state index >= 15 is 0 Å². The Hall–Kier alpha value is -4.20. The van der Waals surface area contributed by atoms with E-state index in [4.69, 9.17) is 16.6 Å². The fraction of sp³-hybridized carbons (Fsp3) is 0.520. The molecule has 0 fully saturated rings. The number of phenolic OH excluding ortho intramolecular Hbond substituents is 1. The van der Waals surface area contributed by atoms with E-state index in [2.05, 4.69) is 16.0 Å². The Kier molecular flexibility index (Phi) is 13.4. The van der Waals surface area contributed by atoms with Crippen LogP contribution in [0.1, 0.15) is 51.5 Å². The van der Waals surface area contributed by atoms with E-state index < -0.39 is 72.6 Å². The first-order valence-electron chi connectivity index (χ1n) is 12.4. The molecular weight excluding hydrogens is 514 g/mol. The lowest BCUT2D eigenvalue weighted by atomic mass is 10.0. The number of aromatic hydroxyl groups is 1. The third-order valence-corrected chi connectivity index (χ3v) is 5.64. The van der Waals surface area contributed by atoms with Crippen molar-refractivity contribution in [2.45, 2.75) is 76.5 Å². The van der Waals surface area contributed by atoms with Gasteiger partial charge in [-0.1, -0.05) is 26.0 Å². The average Bonchev–Trinajstić information content (AvgIpc) is 2.84. The summed E-state index contributed by atoms with van der Waals surface area (Å²) in [6, 6.07) is 1.00. The first-order chi connectivity index (χ1) is 18.2. The Labute approximate surface area is 225 Å². The Morgan fingerprint density at radius 1 is 0.795 bits per heavy atom. The van der Waals surface area contributed by atoms with Crippen LogP contribution in [0.15, 0.2) is 24.3 Å². The molecule has 14 nitrogen and oxygen atoms in total. The third kappa shape index (κ3) is 12.7. The van der Waals surface area contributed by atoms with E-state index in [1.807, 2.05) is 0 Å². The van der Waals surface area contributed by atoms with E-state index in [1.54, 1.807) is 26.0 Å². The van der Waals surface area contributed by atoms with Gasteiger partial charge in [0.1, 0.15) is 23.9 Å². The topological polar surface area (TPSA) is 251 Å². The SMILES string of the molecule is CC(C)CC(NC(=O)C(N)Cc1ccc(O)cc1)C(=O)NC(CCC(N)=O)C(=O)NC(CCC(=O)O)C(=O)O. The highest BCUT2D eigenvalue weighted by Crippen LogP contribution is 2.12. The monoisotopic (exact) mass is 551 g/mol. The Morgan fingerprint density at radius 3 is 1.82 bits per heavy atom. The Balaban J connectivity index is 3.00. The van der Waals surface area contributed by atoms with Crippen LogP contribution >= 0.6 is 0 Å². The predicted octanol–water partition coefficient (Wildman–Crippen LogP) is -1.02. The van der Waals surface area contributed by atoms with Crippen LogP contribution in [0.3, 0.4) is 0 Å². The van der Waals surface area contributed by atoms with Gasteiger partial charge in [-0.15, -0.1) is 0 Å². The summed E-state index contributed by atoms with van der Waals surface area (Å²) in [5.41, 5.74) is 11.9. The number of carboxylic acids is 2. The number of rotatable bonds is 17. The molecule has 1 aromatic carbocycles. The average molecular weight is 552 g/mol. The second kappa shape index (κ2) is 15.9. The van der Waals surface area contributed by atoms with Gasteiger partial charge in [0.05, 0.1) is 6.04 Å². The lowest BCUT2D eigenvalue weighted by Gasteiger charge is -2.26. The smallest absolute Gasteiger partial charge is 0.326 e. The van der Waals surface area contributed by atoms with Crippen molar-refractivity contribution in [3.8, 4) is 5.75 Å². The van der Waals surface area contributed by atoms with Crippen LogP contribution < -0.4 is 27.4 Å². The molecule has 0 aliphatic heterocycles. The number of benzene rings is 1. The highest BCUT2D eigenvalue weighted by Gasteiger charge is 2.31. The summed E-state index contributed by atoms with van der Waals surface area (Å²) in [5.74, 6) is -5.88. The number of hydrogen-bond donors (Lipinski definition) is 8. The summed E-state index contributed by atoms with van der Waals surface area (Å²) in [6.45, 7) is 3.61. The van der Waals surface area contributed by atoms with Crippen molar-refractivity contribution >= 4 is 35.6 Å². The molecular formula is C25H37N5O9. The lowest BCUT2D eigenvalue weighted by molar-refractivity contribution is -0.143. The van der Waals surface area contributed by atoms with Crippen molar-refractivity contribution in [1.29, 1.82) is 0 Å². The molecule has 4 amide bonds. The number of carbonyl (C=O) groups excluding carboxylic acids is 4. The molecule has 14 heteroatoms. The van der Waals surface area contributed by atoms with Gasteiger partial charge in [-0.2, -0.15) is 0 Å².